The van der Waals surface area contributed by atoms with Gasteiger partial charge in [-0.1, -0.05) is 0 Å². The molecule has 2 aromatic heterocycles. The van der Waals surface area contributed by atoms with Crippen LogP contribution in [0.5, 0.6) is 0 Å². The molecular weight excluding hydrogens is 170 g/mol. The molecule has 13 heavy (non-hydrogen) atoms. The van der Waals surface area contributed by atoms with Gasteiger partial charge < -0.3 is 4.74 Å². The Labute approximate surface area is 74.0 Å². The lowest BCUT2D eigenvalue weighted by atomic mass is 10.3. The molecular formula is C8H7N3O2. The monoisotopic (exact) mass is 177 g/mol. The number of fused-ring (bicyclic) bond motifs is 1. The first-order valence-corrected chi connectivity index (χ1v) is 3.69. The largest absolute Gasteiger partial charge is 0.465 e. The van der Waals surface area contributed by atoms with Crippen molar-refractivity contribution in [3.63, 3.8) is 0 Å². The Morgan fingerprint density at radius 2 is 2.46 bits per heavy atom. The van der Waals surface area contributed by atoms with Crippen LogP contribution in [0.3, 0.4) is 0 Å². The SMILES string of the molecule is COC(=O)c1cccn2ncnc12. The van der Waals surface area contributed by atoms with Crippen LogP contribution < -0.4 is 0 Å². The van der Waals surface area contributed by atoms with E-state index in [1.54, 1.807) is 18.3 Å². The highest BCUT2D eigenvalue weighted by atomic mass is 16.5. The molecule has 2 heterocycles. The molecule has 5 nitrogen and oxygen atoms in total. The minimum absolute atomic E-state index is 0.404. The number of ether oxygens (including phenoxy) is 1. The quantitative estimate of drug-likeness (QED) is 0.596. The Balaban J connectivity index is 2.67. The third-order valence-corrected chi connectivity index (χ3v) is 1.71. The summed E-state index contributed by atoms with van der Waals surface area (Å²) in [6, 6.07) is 3.36. The highest BCUT2D eigenvalue weighted by Gasteiger charge is 2.10. The van der Waals surface area contributed by atoms with Crippen LogP contribution in [-0.4, -0.2) is 27.7 Å². The third kappa shape index (κ3) is 1.14. The summed E-state index contributed by atoms with van der Waals surface area (Å²) in [7, 11) is 1.34. The summed E-state index contributed by atoms with van der Waals surface area (Å²) in [5.41, 5.74) is 0.928. The number of hydrogen-bond donors (Lipinski definition) is 0. The van der Waals surface area contributed by atoms with Gasteiger partial charge in [-0.05, 0) is 12.1 Å². The normalized spacial score (nSPS) is 10.2. The van der Waals surface area contributed by atoms with E-state index in [1.165, 1.54) is 18.0 Å². The average Bonchev–Trinajstić information content (AvgIpc) is 2.63. The molecule has 0 aromatic carbocycles. The molecule has 2 aromatic rings. The number of esters is 1. The molecule has 0 spiro atoms. The molecule has 66 valence electrons. The lowest BCUT2D eigenvalue weighted by Crippen LogP contribution is -2.04. The van der Waals surface area contributed by atoms with Gasteiger partial charge in [0.15, 0.2) is 5.65 Å². The Hall–Kier alpha value is -1.91. The summed E-state index contributed by atoms with van der Waals surface area (Å²) in [4.78, 5) is 15.2. The topological polar surface area (TPSA) is 56.5 Å². The predicted octanol–water partition coefficient (Wildman–Crippen LogP) is 0.516. The van der Waals surface area contributed by atoms with Crippen LogP contribution in [0.25, 0.3) is 5.65 Å². The first-order valence-electron chi connectivity index (χ1n) is 3.69. The van der Waals surface area contributed by atoms with Crippen molar-refractivity contribution < 1.29 is 9.53 Å². The van der Waals surface area contributed by atoms with Crippen molar-refractivity contribution in [3.05, 3.63) is 30.2 Å². The van der Waals surface area contributed by atoms with E-state index in [1.807, 2.05) is 0 Å². The van der Waals surface area contributed by atoms with Crippen LogP contribution in [0.15, 0.2) is 24.7 Å². The fourth-order valence-electron chi connectivity index (χ4n) is 1.12. The Bertz CT molecular complexity index is 449. The van der Waals surface area contributed by atoms with E-state index in [2.05, 4.69) is 14.8 Å². The Kier molecular flexibility index (Phi) is 1.70. The molecule has 0 aliphatic heterocycles. The molecule has 0 saturated carbocycles. The summed E-state index contributed by atoms with van der Waals surface area (Å²) in [5, 5.41) is 3.89. The summed E-state index contributed by atoms with van der Waals surface area (Å²) in [6.07, 6.45) is 3.11. The third-order valence-electron chi connectivity index (χ3n) is 1.71. The van der Waals surface area contributed by atoms with E-state index in [9.17, 15) is 4.79 Å². The van der Waals surface area contributed by atoms with Crippen molar-refractivity contribution >= 4 is 11.6 Å². The summed E-state index contributed by atoms with van der Waals surface area (Å²) in [6.45, 7) is 0. The van der Waals surface area contributed by atoms with E-state index in [4.69, 9.17) is 0 Å². The van der Waals surface area contributed by atoms with Gasteiger partial charge in [-0.15, -0.1) is 0 Å². The standard InChI is InChI=1S/C8H7N3O2/c1-13-8(12)6-3-2-4-11-7(6)9-5-10-11/h2-5H,1H3. The molecule has 5 heteroatoms. The van der Waals surface area contributed by atoms with Crippen LogP contribution in [0.2, 0.25) is 0 Å². The minimum atomic E-state index is -0.404. The van der Waals surface area contributed by atoms with Gasteiger partial charge in [0, 0.05) is 6.20 Å². The number of hydrogen-bond acceptors (Lipinski definition) is 4. The number of nitrogens with zero attached hydrogens (tertiary/aromatic N) is 3. The predicted molar refractivity (Wildman–Crippen MR) is 44.3 cm³/mol. The van der Waals surface area contributed by atoms with Gasteiger partial charge in [0.2, 0.25) is 0 Å². The second-order valence-corrected chi connectivity index (χ2v) is 2.44. The lowest BCUT2D eigenvalue weighted by molar-refractivity contribution is 0.0602. The molecule has 0 N–H and O–H groups in total. The molecule has 2 rings (SSSR count). The highest BCUT2D eigenvalue weighted by Crippen LogP contribution is 2.07. The summed E-state index contributed by atoms with van der Waals surface area (Å²) < 4.78 is 6.11. The second-order valence-electron chi connectivity index (χ2n) is 2.44. The van der Waals surface area contributed by atoms with Crippen LogP contribution in [-0.2, 0) is 4.74 Å². The number of rotatable bonds is 1. The molecule has 0 amide bonds. The maximum atomic E-state index is 11.2. The number of carbonyl (C=O) groups is 1. The molecule has 0 aliphatic carbocycles. The molecule has 0 unspecified atom stereocenters. The van der Waals surface area contributed by atoms with Crippen molar-refractivity contribution in [1.82, 2.24) is 14.6 Å². The number of carbonyl (C=O) groups excluding carboxylic acids is 1. The first kappa shape index (κ1) is 7.72. The van der Waals surface area contributed by atoms with E-state index in [0.29, 0.717) is 11.2 Å². The summed E-state index contributed by atoms with van der Waals surface area (Å²) >= 11 is 0. The summed E-state index contributed by atoms with van der Waals surface area (Å²) in [5.74, 6) is -0.404. The fourth-order valence-corrected chi connectivity index (χ4v) is 1.12. The van der Waals surface area contributed by atoms with Gasteiger partial charge in [-0.3, -0.25) is 0 Å². The first-order chi connectivity index (χ1) is 6.33. The number of methoxy groups -OCH3 is 1. The van der Waals surface area contributed by atoms with Crippen LogP contribution in [0.1, 0.15) is 10.4 Å². The molecule has 0 radical (unpaired) electrons. The van der Waals surface area contributed by atoms with Crippen molar-refractivity contribution in [2.75, 3.05) is 7.11 Å². The zero-order valence-electron chi connectivity index (χ0n) is 6.97. The van der Waals surface area contributed by atoms with Crippen molar-refractivity contribution in [2.24, 2.45) is 0 Å². The maximum absolute atomic E-state index is 11.2. The van der Waals surface area contributed by atoms with Crippen LogP contribution in [0, 0.1) is 0 Å². The van der Waals surface area contributed by atoms with Gasteiger partial charge in [0.25, 0.3) is 0 Å². The van der Waals surface area contributed by atoms with Crippen LogP contribution >= 0.6 is 0 Å². The van der Waals surface area contributed by atoms with Gasteiger partial charge in [0.1, 0.15) is 11.9 Å². The lowest BCUT2D eigenvalue weighted by Gasteiger charge is -1.99. The van der Waals surface area contributed by atoms with Crippen LogP contribution in [0.4, 0.5) is 0 Å². The molecule has 0 fully saturated rings. The van der Waals surface area contributed by atoms with E-state index in [-0.39, 0.29) is 0 Å². The smallest absolute Gasteiger partial charge is 0.341 e. The van der Waals surface area contributed by atoms with Crippen molar-refractivity contribution in [2.45, 2.75) is 0 Å². The Morgan fingerprint density at radius 3 is 3.23 bits per heavy atom. The minimum Gasteiger partial charge on any atom is -0.465 e. The van der Waals surface area contributed by atoms with E-state index >= 15 is 0 Å². The number of pyridine rings is 1. The fraction of sp³-hybridized carbons (Fsp3) is 0.125. The average molecular weight is 177 g/mol. The number of aromatic nitrogens is 3. The molecule has 0 saturated heterocycles. The second kappa shape index (κ2) is 2.85. The van der Waals surface area contributed by atoms with Gasteiger partial charge in [-0.2, -0.15) is 5.10 Å². The Morgan fingerprint density at radius 1 is 1.62 bits per heavy atom. The van der Waals surface area contributed by atoms with Gasteiger partial charge in [-0.25, -0.2) is 14.3 Å². The van der Waals surface area contributed by atoms with Gasteiger partial charge in [0.05, 0.1) is 7.11 Å². The maximum Gasteiger partial charge on any atom is 0.341 e. The molecule has 0 aliphatic rings. The zero-order valence-corrected chi connectivity index (χ0v) is 6.97. The highest BCUT2D eigenvalue weighted by molar-refractivity contribution is 5.95. The van der Waals surface area contributed by atoms with Gasteiger partial charge >= 0.3 is 5.97 Å². The van der Waals surface area contributed by atoms with E-state index in [0.717, 1.165) is 0 Å². The zero-order chi connectivity index (χ0) is 9.26. The van der Waals surface area contributed by atoms with Crippen molar-refractivity contribution in [3.8, 4) is 0 Å². The van der Waals surface area contributed by atoms with Crippen molar-refractivity contribution in [1.29, 1.82) is 0 Å². The molecule has 0 bridgehead atoms. The van der Waals surface area contributed by atoms with E-state index < -0.39 is 5.97 Å². The molecule has 0 atom stereocenters.